The lowest BCUT2D eigenvalue weighted by atomic mass is 9.88. The average molecular weight is 140 g/mol. The molecule has 54 valence electrons. The molecule has 0 heterocycles. The minimum Gasteiger partial charge on any atom is -0.480 e. The second kappa shape index (κ2) is 2.25. The average Bonchev–Trinajstić information content (AvgIpc) is 2.35. The van der Waals surface area contributed by atoms with Gasteiger partial charge in [0.15, 0.2) is 0 Å². The van der Waals surface area contributed by atoms with Gasteiger partial charge in [0.2, 0.25) is 0 Å². The quantitative estimate of drug-likeness (QED) is 0.347. The van der Waals surface area contributed by atoms with E-state index in [9.17, 15) is 9.59 Å². The van der Waals surface area contributed by atoms with Crippen LogP contribution in [0.1, 0.15) is 12.8 Å². The third kappa shape index (κ3) is 0.835. The Bertz CT molecular complexity index is 185. The second-order valence-electron chi connectivity index (χ2n) is 2.46. The third-order valence-corrected chi connectivity index (χ3v) is 1.78. The van der Waals surface area contributed by atoms with E-state index in [0.717, 1.165) is 0 Å². The Morgan fingerprint density at radius 2 is 2.00 bits per heavy atom. The molecule has 0 unspecified atom stereocenters. The first-order chi connectivity index (χ1) is 4.71. The van der Waals surface area contributed by atoms with Crippen LogP contribution in [0.5, 0.6) is 0 Å². The van der Waals surface area contributed by atoms with Crippen LogP contribution in [0.4, 0.5) is 0 Å². The summed E-state index contributed by atoms with van der Waals surface area (Å²) in [5.41, 5.74) is -1.14. The van der Waals surface area contributed by atoms with Crippen molar-refractivity contribution in [2.24, 2.45) is 5.41 Å². The Morgan fingerprint density at radius 1 is 1.50 bits per heavy atom. The van der Waals surface area contributed by atoms with Crippen molar-refractivity contribution in [3.8, 4) is 0 Å². The van der Waals surface area contributed by atoms with Crippen molar-refractivity contribution in [2.45, 2.75) is 12.8 Å². The van der Waals surface area contributed by atoms with Gasteiger partial charge in [0.1, 0.15) is 11.7 Å². The van der Waals surface area contributed by atoms with Crippen molar-refractivity contribution in [1.82, 2.24) is 0 Å². The van der Waals surface area contributed by atoms with E-state index in [2.05, 4.69) is 0 Å². The maximum atomic E-state index is 10.5. The highest BCUT2D eigenvalue weighted by molar-refractivity contribution is 5.92. The number of allylic oxidation sites excluding steroid dienone is 2. The lowest BCUT2D eigenvalue weighted by Crippen LogP contribution is -2.29. The number of hydrogen-bond donors (Lipinski definition) is 1. The van der Waals surface area contributed by atoms with Gasteiger partial charge in [-0.05, 0) is 12.8 Å². The molecule has 10 heavy (non-hydrogen) atoms. The topological polar surface area (TPSA) is 54.4 Å². The molecule has 0 radical (unpaired) electrons. The summed E-state index contributed by atoms with van der Waals surface area (Å²) in [4.78, 5) is 20.8. The van der Waals surface area contributed by atoms with Crippen molar-refractivity contribution in [2.75, 3.05) is 0 Å². The van der Waals surface area contributed by atoms with Crippen molar-refractivity contribution >= 4 is 12.3 Å². The molecule has 0 saturated carbocycles. The van der Waals surface area contributed by atoms with Gasteiger partial charge in [0.05, 0.1) is 0 Å². The van der Waals surface area contributed by atoms with Crippen LogP contribution in [0, 0.1) is 5.41 Å². The van der Waals surface area contributed by atoms with Crippen molar-refractivity contribution < 1.29 is 14.7 Å². The first-order valence-electron chi connectivity index (χ1n) is 3.06. The number of aldehydes is 1. The zero-order valence-corrected chi connectivity index (χ0v) is 5.41. The molecule has 3 heteroatoms. The summed E-state index contributed by atoms with van der Waals surface area (Å²) in [6.07, 6.45) is 4.65. The molecule has 0 aliphatic heterocycles. The number of rotatable bonds is 2. The van der Waals surface area contributed by atoms with Gasteiger partial charge in [-0.25, -0.2) is 0 Å². The van der Waals surface area contributed by atoms with Gasteiger partial charge in [-0.15, -0.1) is 0 Å². The molecule has 0 amide bonds. The van der Waals surface area contributed by atoms with E-state index >= 15 is 0 Å². The van der Waals surface area contributed by atoms with E-state index in [1.165, 1.54) is 0 Å². The normalized spacial score (nSPS) is 20.8. The fraction of sp³-hybridized carbons (Fsp3) is 0.429. The Balaban J connectivity index is 2.80. The minimum absolute atomic E-state index is 0.339. The molecule has 0 fully saturated rings. The fourth-order valence-corrected chi connectivity index (χ4v) is 0.992. The molecule has 1 aliphatic rings. The second-order valence-corrected chi connectivity index (χ2v) is 2.46. The summed E-state index contributed by atoms with van der Waals surface area (Å²) in [6.45, 7) is 0. The van der Waals surface area contributed by atoms with Crippen LogP contribution in [-0.2, 0) is 9.59 Å². The maximum absolute atomic E-state index is 10.5. The molecule has 1 rings (SSSR count). The van der Waals surface area contributed by atoms with Crippen LogP contribution in [-0.4, -0.2) is 17.4 Å². The van der Waals surface area contributed by atoms with Crippen molar-refractivity contribution in [1.29, 1.82) is 0 Å². The molecule has 0 aromatic heterocycles. The Morgan fingerprint density at radius 3 is 2.20 bits per heavy atom. The summed E-state index contributed by atoms with van der Waals surface area (Å²) in [5.74, 6) is -1.02. The molecule has 0 aromatic carbocycles. The summed E-state index contributed by atoms with van der Waals surface area (Å²) in [7, 11) is 0. The lowest BCUT2D eigenvalue weighted by molar-refractivity contribution is -0.150. The smallest absolute Gasteiger partial charge is 0.317 e. The van der Waals surface area contributed by atoms with Crippen molar-refractivity contribution in [3.63, 3.8) is 0 Å². The number of carboxylic acid groups (broad SMARTS) is 1. The van der Waals surface area contributed by atoms with Gasteiger partial charge in [-0.2, -0.15) is 0 Å². The van der Waals surface area contributed by atoms with Gasteiger partial charge < -0.3 is 9.90 Å². The van der Waals surface area contributed by atoms with E-state index < -0.39 is 11.4 Å². The predicted molar refractivity (Wildman–Crippen MR) is 34.5 cm³/mol. The first kappa shape index (κ1) is 6.99. The number of carboxylic acids is 1. The summed E-state index contributed by atoms with van der Waals surface area (Å²) >= 11 is 0. The summed E-state index contributed by atoms with van der Waals surface area (Å²) in [6, 6.07) is 0. The minimum atomic E-state index is -1.14. The highest BCUT2D eigenvalue weighted by Crippen LogP contribution is 2.30. The zero-order valence-electron chi connectivity index (χ0n) is 5.41. The van der Waals surface area contributed by atoms with Gasteiger partial charge >= 0.3 is 5.97 Å². The molecule has 0 atom stereocenters. The van der Waals surface area contributed by atoms with E-state index in [-0.39, 0.29) is 0 Å². The maximum Gasteiger partial charge on any atom is 0.317 e. The monoisotopic (exact) mass is 140 g/mol. The lowest BCUT2D eigenvalue weighted by Gasteiger charge is -2.14. The molecule has 0 spiro atoms. The third-order valence-electron chi connectivity index (χ3n) is 1.78. The van der Waals surface area contributed by atoms with E-state index in [1.54, 1.807) is 12.2 Å². The highest BCUT2D eigenvalue weighted by atomic mass is 16.4. The van der Waals surface area contributed by atoms with Crippen LogP contribution in [0.15, 0.2) is 12.2 Å². The molecular weight excluding hydrogens is 132 g/mol. The fourth-order valence-electron chi connectivity index (χ4n) is 0.992. The Kier molecular flexibility index (Phi) is 1.57. The molecule has 1 aliphatic carbocycles. The molecule has 1 N–H and O–H groups in total. The van der Waals surface area contributed by atoms with Gasteiger partial charge in [-0.3, -0.25) is 4.79 Å². The van der Waals surface area contributed by atoms with Gasteiger partial charge in [0, 0.05) is 0 Å². The van der Waals surface area contributed by atoms with Crippen LogP contribution in [0.25, 0.3) is 0 Å². The van der Waals surface area contributed by atoms with Gasteiger partial charge in [0.25, 0.3) is 0 Å². The highest BCUT2D eigenvalue weighted by Gasteiger charge is 2.38. The molecule has 0 bridgehead atoms. The van der Waals surface area contributed by atoms with Crippen LogP contribution in [0.2, 0.25) is 0 Å². The summed E-state index contributed by atoms with van der Waals surface area (Å²) < 4.78 is 0. The van der Waals surface area contributed by atoms with Gasteiger partial charge in [-0.1, -0.05) is 12.2 Å². The molecule has 3 nitrogen and oxygen atoms in total. The standard InChI is InChI=1S/C7H8O3/c8-5-7(6(9)10)3-1-2-4-7/h1-2,5H,3-4H2,(H,9,10). The van der Waals surface area contributed by atoms with Crippen LogP contribution < -0.4 is 0 Å². The number of aliphatic carboxylic acids is 1. The van der Waals surface area contributed by atoms with Crippen LogP contribution >= 0.6 is 0 Å². The van der Waals surface area contributed by atoms with E-state index in [4.69, 9.17) is 5.11 Å². The summed E-state index contributed by atoms with van der Waals surface area (Å²) in [5, 5.41) is 8.59. The number of hydrogen-bond acceptors (Lipinski definition) is 2. The number of carbonyl (C=O) groups is 2. The van der Waals surface area contributed by atoms with E-state index in [0.29, 0.717) is 19.1 Å². The Labute approximate surface area is 58.4 Å². The number of carbonyl (C=O) groups excluding carboxylic acids is 1. The van der Waals surface area contributed by atoms with Crippen LogP contribution in [0.3, 0.4) is 0 Å². The van der Waals surface area contributed by atoms with E-state index in [1.807, 2.05) is 0 Å². The molecular formula is C7H8O3. The predicted octanol–water partition coefficient (Wildman–Crippen LogP) is 0.606. The SMILES string of the molecule is O=CC1(C(=O)O)CC=CC1. The van der Waals surface area contributed by atoms with Crippen molar-refractivity contribution in [3.05, 3.63) is 12.2 Å². The zero-order chi connectivity index (χ0) is 7.61. The largest absolute Gasteiger partial charge is 0.480 e. The first-order valence-corrected chi connectivity index (χ1v) is 3.06. The molecule has 0 aromatic rings. The Hall–Kier alpha value is -1.12. The molecule has 0 saturated heterocycles.